The van der Waals surface area contributed by atoms with E-state index in [2.05, 4.69) is 10.3 Å². The molecule has 1 N–H and O–H groups in total. The third kappa shape index (κ3) is 3.00. The number of Topliss-reactive ketones (excluding diaryl/α,β-unsaturated/α-hetero) is 1. The summed E-state index contributed by atoms with van der Waals surface area (Å²) in [5, 5.41) is 3.77. The second-order valence-corrected chi connectivity index (χ2v) is 6.51. The summed E-state index contributed by atoms with van der Waals surface area (Å²) in [4.78, 5) is 29.7. The summed E-state index contributed by atoms with van der Waals surface area (Å²) in [6.07, 6.45) is 1.56. The maximum Gasteiger partial charge on any atom is 0.266 e. The third-order valence-corrected chi connectivity index (χ3v) is 4.90. The van der Waals surface area contributed by atoms with E-state index in [4.69, 9.17) is 0 Å². The third-order valence-electron chi connectivity index (χ3n) is 3.68. The Morgan fingerprint density at radius 3 is 2.65 bits per heavy atom. The first-order chi connectivity index (χ1) is 11.0. The Morgan fingerprint density at radius 1 is 1.17 bits per heavy atom. The molecule has 0 saturated carbocycles. The minimum Gasteiger partial charge on any atom is -0.321 e. The second-order valence-electron chi connectivity index (χ2n) is 5.51. The molecular weight excluding hydrogens is 308 g/mol. The number of carbonyl (C=O) groups is 2. The molecule has 3 rings (SSSR count). The van der Waals surface area contributed by atoms with Gasteiger partial charge in [0.25, 0.3) is 5.91 Å². The van der Waals surface area contributed by atoms with E-state index in [-0.39, 0.29) is 11.7 Å². The van der Waals surface area contributed by atoms with Crippen molar-refractivity contribution in [3.8, 4) is 0 Å². The van der Waals surface area contributed by atoms with Gasteiger partial charge in [-0.25, -0.2) is 4.98 Å². The van der Waals surface area contributed by atoms with E-state index in [0.717, 1.165) is 27.0 Å². The van der Waals surface area contributed by atoms with Crippen molar-refractivity contribution in [3.05, 3.63) is 58.1 Å². The lowest BCUT2D eigenvalue weighted by molar-refractivity contribution is 0.101. The number of carbonyl (C=O) groups excluding carboxylic acids is 2. The number of amides is 1. The molecule has 0 aliphatic heterocycles. The van der Waals surface area contributed by atoms with E-state index in [1.165, 1.54) is 18.3 Å². The van der Waals surface area contributed by atoms with Gasteiger partial charge in [-0.15, -0.1) is 11.3 Å². The number of rotatable bonds is 3. The molecule has 0 unspecified atom stereocenters. The molecule has 2 aromatic heterocycles. The van der Waals surface area contributed by atoms with Crippen molar-refractivity contribution in [2.45, 2.75) is 20.8 Å². The van der Waals surface area contributed by atoms with E-state index in [0.29, 0.717) is 10.4 Å². The Bertz CT molecular complexity index is 928. The van der Waals surface area contributed by atoms with Crippen LogP contribution in [-0.2, 0) is 0 Å². The fourth-order valence-corrected chi connectivity index (χ4v) is 3.45. The van der Waals surface area contributed by atoms with E-state index >= 15 is 0 Å². The topological polar surface area (TPSA) is 59.1 Å². The summed E-state index contributed by atoms with van der Waals surface area (Å²) >= 11 is 1.34. The number of nitrogens with zero attached hydrogens (tertiary/aromatic N) is 1. The molecule has 0 radical (unpaired) electrons. The number of thiophene rings is 1. The molecule has 23 heavy (non-hydrogen) atoms. The van der Waals surface area contributed by atoms with Gasteiger partial charge >= 0.3 is 0 Å². The fraction of sp³-hybridized carbons (Fsp3) is 0.167. The predicted molar refractivity (Wildman–Crippen MR) is 93.5 cm³/mol. The van der Waals surface area contributed by atoms with E-state index in [9.17, 15) is 9.59 Å². The van der Waals surface area contributed by atoms with Crippen LogP contribution in [0, 0.1) is 13.8 Å². The molecule has 116 valence electrons. The maximum absolute atomic E-state index is 12.5. The Morgan fingerprint density at radius 2 is 1.96 bits per heavy atom. The number of hydrogen-bond acceptors (Lipinski definition) is 4. The zero-order valence-electron chi connectivity index (χ0n) is 13.1. The Labute approximate surface area is 138 Å². The van der Waals surface area contributed by atoms with Crippen LogP contribution in [0.3, 0.4) is 0 Å². The van der Waals surface area contributed by atoms with Crippen molar-refractivity contribution in [2.24, 2.45) is 0 Å². The Kier molecular flexibility index (Phi) is 3.96. The standard InChI is InChI=1S/C18H16N2O2S/c1-10-5-4-6-14(7-10)20-17(22)16-11(2)15-8-13(12(3)21)9-19-18(15)23-16/h4-9H,1-3H3,(H,20,22). The minimum atomic E-state index is -0.152. The van der Waals surface area contributed by atoms with Gasteiger partial charge in [-0.3, -0.25) is 9.59 Å². The summed E-state index contributed by atoms with van der Waals surface area (Å²) in [6, 6.07) is 9.48. The van der Waals surface area contributed by atoms with Crippen LogP contribution in [0.5, 0.6) is 0 Å². The summed E-state index contributed by atoms with van der Waals surface area (Å²) in [7, 11) is 0. The zero-order valence-corrected chi connectivity index (χ0v) is 14.0. The lowest BCUT2D eigenvalue weighted by Gasteiger charge is -2.05. The first-order valence-electron chi connectivity index (χ1n) is 7.24. The number of anilines is 1. The normalized spacial score (nSPS) is 10.7. The highest BCUT2D eigenvalue weighted by atomic mass is 32.1. The van der Waals surface area contributed by atoms with Crippen molar-refractivity contribution < 1.29 is 9.59 Å². The number of pyridine rings is 1. The largest absolute Gasteiger partial charge is 0.321 e. The monoisotopic (exact) mass is 324 g/mol. The second kappa shape index (κ2) is 5.93. The first kappa shape index (κ1) is 15.4. The quantitative estimate of drug-likeness (QED) is 0.728. The molecule has 0 aliphatic carbocycles. The average molecular weight is 324 g/mol. The van der Waals surface area contributed by atoms with Gasteiger partial charge in [0.2, 0.25) is 0 Å². The number of aromatic nitrogens is 1. The van der Waals surface area contributed by atoms with Gasteiger partial charge in [-0.1, -0.05) is 12.1 Å². The molecule has 2 heterocycles. The average Bonchev–Trinajstić information content (AvgIpc) is 2.84. The van der Waals surface area contributed by atoms with Crippen LogP contribution in [0.4, 0.5) is 5.69 Å². The number of hydrogen-bond donors (Lipinski definition) is 1. The van der Waals surface area contributed by atoms with Gasteiger partial charge in [0.05, 0.1) is 4.88 Å². The lowest BCUT2D eigenvalue weighted by atomic mass is 10.1. The van der Waals surface area contributed by atoms with Crippen molar-refractivity contribution in [1.82, 2.24) is 4.98 Å². The molecule has 0 saturated heterocycles. The summed E-state index contributed by atoms with van der Waals surface area (Å²) < 4.78 is 0. The van der Waals surface area contributed by atoms with Gasteiger partial charge in [-0.05, 0) is 50.1 Å². The molecule has 1 amide bonds. The zero-order chi connectivity index (χ0) is 16.6. The van der Waals surface area contributed by atoms with Crippen LogP contribution >= 0.6 is 11.3 Å². The number of nitrogens with one attached hydrogen (secondary N) is 1. The highest BCUT2D eigenvalue weighted by Gasteiger charge is 2.17. The van der Waals surface area contributed by atoms with Gasteiger partial charge in [0, 0.05) is 22.8 Å². The van der Waals surface area contributed by atoms with E-state index in [1.807, 2.05) is 38.1 Å². The first-order valence-corrected chi connectivity index (χ1v) is 8.05. The molecule has 0 bridgehead atoms. The highest BCUT2D eigenvalue weighted by Crippen LogP contribution is 2.30. The van der Waals surface area contributed by atoms with Crippen LogP contribution in [-0.4, -0.2) is 16.7 Å². The van der Waals surface area contributed by atoms with Crippen molar-refractivity contribution >= 4 is 38.9 Å². The molecule has 4 nitrogen and oxygen atoms in total. The van der Waals surface area contributed by atoms with Crippen LogP contribution in [0.25, 0.3) is 10.2 Å². The van der Waals surface area contributed by atoms with Crippen LogP contribution in [0.15, 0.2) is 36.5 Å². The lowest BCUT2D eigenvalue weighted by Crippen LogP contribution is -2.11. The Hall–Kier alpha value is -2.53. The van der Waals surface area contributed by atoms with Crippen molar-refractivity contribution in [3.63, 3.8) is 0 Å². The maximum atomic E-state index is 12.5. The predicted octanol–water partition coefficient (Wildman–Crippen LogP) is 4.37. The molecule has 3 aromatic rings. The SMILES string of the molecule is CC(=O)c1cnc2sc(C(=O)Nc3cccc(C)c3)c(C)c2c1. The number of fused-ring (bicyclic) bond motifs is 1. The molecular formula is C18H16N2O2S. The number of benzene rings is 1. The number of ketones is 1. The summed E-state index contributed by atoms with van der Waals surface area (Å²) in [5.74, 6) is -0.184. The van der Waals surface area contributed by atoms with Crippen molar-refractivity contribution in [2.75, 3.05) is 5.32 Å². The van der Waals surface area contributed by atoms with E-state index < -0.39 is 0 Å². The van der Waals surface area contributed by atoms with Crippen LogP contribution in [0.2, 0.25) is 0 Å². The van der Waals surface area contributed by atoms with E-state index in [1.54, 1.807) is 12.3 Å². The molecule has 0 fully saturated rings. The van der Waals surface area contributed by atoms with Crippen molar-refractivity contribution in [1.29, 1.82) is 0 Å². The molecule has 0 atom stereocenters. The molecule has 5 heteroatoms. The number of aryl methyl sites for hydroxylation is 2. The van der Waals surface area contributed by atoms with Crippen LogP contribution < -0.4 is 5.32 Å². The molecule has 1 aromatic carbocycles. The Balaban J connectivity index is 1.97. The summed E-state index contributed by atoms with van der Waals surface area (Å²) in [5.41, 5.74) is 3.27. The van der Waals surface area contributed by atoms with Gasteiger partial charge in [0.15, 0.2) is 5.78 Å². The van der Waals surface area contributed by atoms with Gasteiger partial charge in [0.1, 0.15) is 4.83 Å². The summed E-state index contributed by atoms with van der Waals surface area (Å²) in [6.45, 7) is 5.37. The smallest absolute Gasteiger partial charge is 0.266 e. The van der Waals surface area contributed by atoms with Crippen LogP contribution in [0.1, 0.15) is 38.1 Å². The minimum absolute atomic E-state index is 0.0317. The van der Waals surface area contributed by atoms with Gasteiger partial charge in [-0.2, -0.15) is 0 Å². The highest BCUT2D eigenvalue weighted by molar-refractivity contribution is 7.20. The fourth-order valence-electron chi connectivity index (χ4n) is 2.42. The molecule has 0 spiro atoms. The molecule has 0 aliphatic rings. The van der Waals surface area contributed by atoms with Gasteiger partial charge < -0.3 is 5.32 Å².